The average Bonchev–Trinajstić information content (AvgIpc) is 2.85. The van der Waals surface area contributed by atoms with Crippen molar-refractivity contribution < 1.29 is 9.15 Å². The van der Waals surface area contributed by atoms with Gasteiger partial charge in [-0.15, -0.1) is 0 Å². The van der Waals surface area contributed by atoms with E-state index < -0.39 is 0 Å². The minimum Gasteiger partial charge on any atom is -0.467 e. The lowest BCUT2D eigenvalue weighted by Gasteiger charge is -2.35. The molecule has 1 atom stereocenters. The Hall–Kier alpha value is -0.450. The molecule has 1 fully saturated rings. The highest BCUT2D eigenvalue weighted by Gasteiger charge is 2.27. The maximum atomic E-state index is 5.57. The molecular formula is C15H25NO2S. The van der Waals surface area contributed by atoms with Crippen molar-refractivity contribution in [2.75, 3.05) is 24.7 Å². The Bertz CT molecular complexity index is 351. The Morgan fingerprint density at radius 3 is 3.16 bits per heavy atom. The molecule has 1 saturated heterocycles. The van der Waals surface area contributed by atoms with Gasteiger partial charge in [-0.05, 0) is 42.7 Å². The number of furan rings is 1. The van der Waals surface area contributed by atoms with Crippen LogP contribution in [0.2, 0.25) is 0 Å². The summed E-state index contributed by atoms with van der Waals surface area (Å²) in [7, 11) is 0. The second-order valence-electron chi connectivity index (χ2n) is 6.02. The molecule has 1 aromatic heterocycles. The fourth-order valence-corrected chi connectivity index (χ4v) is 3.75. The Balaban J connectivity index is 1.50. The number of nitrogens with one attached hydrogen (secondary N) is 1. The molecule has 1 aliphatic heterocycles. The van der Waals surface area contributed by atoms with E-state index in [-0.39, 0.29) is 0 Å². The van der Waals surface area contributed by atoms with Crippen LogP contribution in [0, 0.1) is 5.41 Å². The smallest absolute Gasteiger partial charge is 0.129 e. The van der Waals surface area contributed by atoms with E-state index in [9.17, 15) is 0 Å². The van der Waals surface area contributed by atoms with Crippen LogP contribution in [0.4, 0.5) is 0 Å². The highest BCUT2D eigenvalue weighted by Crippen LogP contribution is 2.33. The van der Waals surface area contributed by atoms with Crippen LogP contribution < -0.4 is 5.32 Å². The van der Waals surface area contributed by atoms with Crippen molar-refractivity contribution >= 4 is 11.8 Å². The molecule has 0 aliphatic carbocycles. The van der Waals surface area contributed by atoms with Crippen LogP contribution in [0.25, 0.3) is 0 Å². The first kappa shape index (κ1) is 14.9. The van der Waals surface area contributed by atoms with Crippen molar-refractivity contribution in [1.29, 1.82) is 0 Å². The molecule has 1 aliphatic rings. The van der Waals surface area contributed by atoms with Gasteiger partial charge in [0.2, 0.25) is 0 Å². The topological polar surface area (TPSA) is 34.4 Å². The predicted molar refractivity (Wildman–Crippen MR) is 80.5 cm³/mol. The van der Waals surface area contributed by atoms with Crippen molar-refractivity contribution in [2.45, 2.75) is 39.3 Å². The third-order valence-electron chi connectivity index (χ3n) is 3.33. The van der Waals surface area contributed by atoms with E-state index in [4.69, 9.17) is 9.15 Å². The molecular weight excluding hydrogens is 258 g/mol. The van der Waals surface area contributed by atoms with Gasteiger partial charge in [0, 0.05) is 18.4 Å². The van der Waals surface area contributed by atoms with E-state index in [1.807, 2.05) is 12.1 Å². The summed E-state index contributed by atoms with van der Waals surface area (Å²) in [5, 5.41) is 3.65. The van der Waals surface area contributed by atoms with E-state index in [0.29, 0.717) is 18.1 Å². The van der Waals surface area contributed by atoms with Crippen molar-refractivity contribution in [3.8, 4) is 0 Å². The molecule has 0 radical (unpaired) electrons. The standard InChI is InChI=1S/C15H25NO2S/c1-15(2)9-13(11-19-12-15)16-6-4-7-17-10-14-5-3-8-18-14/h3,5,8,13,16H,4,6-7,9-12H2,1-2H3. The summed E-state index contributed by atoms with van der Waals surface area (Å²) in [6, 6.07) is 4.50. The Kier molecular flexibility index (Phi) is 5.79. The van der Waals surface area contributed by atoms with E-state index in [1.165, 1.54) is 17.9 Å². The maximum absolute atomic E-state index is 5.57. The fraction of sp³-hybridized carbons (Fsp3) is 0.733. The number of hydrogen-bond donors (Lipinski definition) is 1. The third kappa shape index (κ3) is 5.59. The summed E-state index contributed by atoms with van der Waals surface area (Å²) < 4.78 is 10.8. The molecule has 3 nitrogen and oxygen atoms in total. The quantitative estimate of drug-likeness (QED) is 0.779. The first-order chi connectivity index (χ1) is 9.16. The minimum atomic E-state index is 0.483. The molecule has 2 rings (SSSR count). The highest BCUT2D eigenvalue weighted by molar-refractivity contribution is 7.99. The summed E-state index contributed by atoms with van der Waals surface area (Å²) in [6.07, 6.45) is 4.03. The maximum Gasteiger partial charge on any atom is 0.129 e. The third-order valence-corrected chi connectivity index (χ3v) is 4.96. The molecule has 4 heteroatoms. The van der Waals surface area contributed by atoms with Gasteiger partial charge in [-0.3, -0.25) is 0 Å². The van der Waals surface area contributed by atoms with Crippen LogP contribution in [-0.4, -0.2) is 30.7 Å². The molecule has 2 heterocycles. The van der Waals surface area contributed by atoms with Crippen LogP contribution in [0.5, 0.6) is 0 Å². The van der Waals surface area contributed by atoms with Gasteiger partial charge in [-0.25, -0.2) is 0 Å². The number of thioether (sulfide) groups is 1. The molecule has 19 heavy (non-hydrogen) atoms. The van der Waals surface area contributed by atoms with Gasteiger partial charge < -0.3 is 14.5 Å². The van der Waals surface area contributed by atoms with E-state index >= 15 is 0 Å². The first-order valence-electron chi connectivity index (χ1n) is 7.07. The van der Waals surface area contributed by atoms with E-state index in [1.54, 1.807) is 6.26 Å². The highest BCUT2D eigenvalue weighted by atomic mass is 32.2. The molecule has 1 unspecified atom stereocenters. The zero-order valence-corrected chi connectivity index (χ0v) is 12.8. The van der Waals surface area contributed by atoms with E-state index in [0.717, 1.165) is 25.3 Å². The van der Waals surface area contributed by atoms with Crippen molar-refractivity contribution in [3.63, 3.8) is 0 Å². The van der Waals surface area contributed by atoms with Crippen LogP contribution in [-0.2, 0) is 11.3 Å². The van der Waals surface area contributed by atoms with Gasteiger partial charge in [0.15, 0.2) is 0 Å². The largest absolute Gasteiger partial charge is 0.467 e. The summed E-state index contributed by atoms with van der Waals surface area (Å²) in [5.74, 6) is 3.44. The average molecular weight is 283 g/mol. The van der Waals surface area contributed by atoms with E-state index in [2.05, 4.69) is 30.9 Å². The lowest BCUT2D eigenvalue weighted by atomic mass is 9.88. The van der Waals surface area contributed by atoms with Gasteiger partial charge in [0.05, 0.1) is 6.26 Å². The fourth-order valence-electron chi connectivity index (χ4n) is 2.44. The van der Waals surface area contributed by atoms with Gasteiger partial charge >= 0.3 is 0 Å². The van der Waals surface area contributed by atoms with Crippen LogP contribution in [0.15, 0.2) is 22.8 Å². The van der Waals surface area contributed by atoms with Crippen LogP contribution in [0.3, 0.4) is 0 Å². The Morgan fingerprint density at radius 2 is 2.42 bits per heavy atom. The predicted octanol–water partition coefficient (Wildman–Crippen LogP) is 3.31. The zero-order valence-electron chi connectivity index (χ0n) is 12.0. The van der Waals surface area contributed by atoms with Crippen LogP contribution >= 0.6 is 11.8 Å². The van der Waals surface area contributed by atoms with Gasteiger partial charge in [-0.1, -0.05) is 13.8 Å². The summed E-state index contributed by atoms with van der Waals surface area (Å²) in [4.78, 5) is 0. The van der Waals surface area contributed by atoms with Crippen molar-refractivity contribution in [2.24, 2.45) is 5.41 Å². The first-order valence-corrected chi connectivity index (χ1v) is 8.22. The Morgan fingerprint density at radius 1 is 1.53 bits per heavy atom. The van der Waals surface area contributed by atoms with Crippen molar-refractivity contribution in [3.05, 3.63) is 24.2 Å². The second-order valence-corrected chi connectivity index (χ2v) is 7.05. The normalized spacial score (nSPS) is 22.5. The molecule has 108 valence electrons. The molecule has 0 bridgehead atoms. The monoisotopic (exact) mass is 283 g/mol. The second kappa shape index (κ2) is 7.36. The molecule has 1 N–H and O–H groups in total. The summed E-state index contributed by atoms with van der Waals surface area (Å²) in [5.41, 5.74) is 0.483. The minimum absolute atomic E-state index is 0.483. The molecule has 0 aromatic carbocycles. The molecule has 0 amide bonds. The molecule has 1 aromatic rings. The number of rotatable bonds is 7. The van der Waals surface area contributed by atoms with Gasteiger partial charge in [0.1, 0.15) is 12.4 Å². The van der Waals surface area contributed by atoms with Gasteiger partial charge in [0.25, 0.3) is 0 Å². The number of ether oxygens (including phenoxy) is 1. The van der Waals surface area contributed by atoms with Crippen LogP contribution in [0.1, 0.15) is 32.4 Å². The number of hydrogen-bond acceptors (Lipinski definition) is 4. The summed E-state index contributed by atoms with van der Waals surface area (Å²) in [6.45, 7) is 7.14. The zero-order chi connectivity index (χ0) is 13.6. The Labute approximate surface area is 120 Å². The SMILES string of the molecule is CC1(C)CSCC(NCCCOCc2ccco2)C1. The lowest BCUT2D eigenvalue weighted by molar-refractivity contribution is 0.103. The summed E-state index contributed by atoms with van der Waals surface area (Å²) >= 11 is 2.07. The van der Waals surface area contributed by atoms with Crippen molar-refractivity contribution in [1.82, 2.24) is 5.32 Å². The van der Waals surface area contributed by atoms with Gasteiger partial charge in [-0.2, -0.15) is 11.8 Å². The molecule has 0 saturated carbocycles. The molecule has 0 spiro atoms. The lowest BCUT2D eigenvalue weighted by Crippen LogP contribution is -2.40.